The number of aromatic nitrogens is 2. The zero-order valence-electron chi connectivity index (χ0n) is 16.4. The van der Waals surface area contributed by atoms with E-state index >= 15 is 0 Å². The number of rotatable bonds is 8. The Hall–Kier alpha value is -2.82. The van der Waals surface area contributed by atoms with Crippen LogP contribution in [0.15, 0.2) is 40.3 Å². The smallest absolute Gasteiger partial charge is 0.336 e. The molecule has 1 aromatic carbocycles. The fraction of sp³-hybridized carbons (Fsp3) is 0.368. The third kappa shape index (κ3) is 6.90. The molecule has 0 saturated heterocycles. The van der Waals surface area contributed by atoms with Crippen molar-refractivity contribution in [2.75, 3.05) is 24.7 Å². The number of aromatic amines is 1. The van der Waals surface area contributed by atoms with Crippen LogP contribution in [0, 0.1) is 0 Å². The fourth-order valence-electron chi connectivity index (χ4n) is 2.51. The SMILES string of the molecule is CCCc1cc(=O)[nH]c(SCC(=O)N(C)CC(=O)Nc2ccccc2C(F)(F)F)n1. The summed E-state index contributed by atoms with van der Waals surface area (Å²) in [5.74, 6) is -1.30. The van der Waals surface area contributed by atoms with Gasteiger partial charge in [-0.15, -0.1) is 0 Å². The number of hydrogen-bond acceptors (Lipinski definition) is 5. The van der Waals surface area contributed by atoms with Crippen molar-refractivity contribution in [2.24, 2.45) is 0 Å². The molecule has 2 aromatic rings. The lowest BCUT2D eigenvalue weighted by molar-refractivity contribution is -0.137. The molecule has 0 saturated carbocycles. The number of carbonyl (C=O) groups excluding carboxylic acids is 2. The van der Waals surface area contributed by atoms with Crippen molar-refractivity contribution < 1.29 is 22.8 Å². The number of thioether (sulfide) groups is 1. The molecule has 0 bridgehead atoms. The predicted molar refractivity (Wildman–Crippen MR) is 107 cm³/mol. The maximum absolute atomic E-state index is 13.0. The van der Waals surface area contributed by atoms with Crippen LogP contribution in [0.25, 0.3) is 0 Å². The Morgan fingerprint density at radius 3 is 2.63 bits per heavy atom. The van der Waals surface area contributed by atoms with Gasteiger partial charge in [0.05, 0.1) is 23.5 Å². The summed E-state index contributed by atoms with van der Waals surface area (Å²) in [6, 6.07) is 5.99. The van der Waals surface area contributed by atoms with E-state index in [-0.39, 0.29) is 22.2 Å². The average Bonchev–Trinajstić information content (AvgIpc) is 2.65. The molecule has 1 aromatic heterocycles. The van der Waals surface area contributed by atoms with Crippen LogP contribution in [0.3, 0.4) is 0 Å². The van der Waals surface area contributed by atoms with Gasteiger partial charge in [0.2, 0.25) is 11.8 Å². The van der Waals surface area contributed by atoms with Gasteiger partial charge in [0.15, 0.2) is 5.16 Å². The number of alkyl halides is 3. The molecule has 0 aliphatic heterocycles. The van der Waals surface area contributed by atoms with E-state index in [4.69, 9.17) is 0 Å². The highest BCUT2D eigenvalue weighted by molar-refractivity contribution is 7.99. The molecule has 7 nitrogen and oxygen atoms in total. The first-order valence-corrected chi connectivity index (χ1v) is 10.0. The summed E-state index contributed by atoms with van der Waals surface area (Å²) in [5.41, 5.74) is -1.05. The highest BCUT2D eigenvalue weighted by Gasteiger charge is 2.33. The summed E-state index contributed by atoms with van der Waals surface area (Å²) in [6.45, 7) is 1.53. The molecule has 0 radical (unpaired) electrons. The highest BCUT2D eigenvalue weighted by Crippen LogP contribution is 2.34. The minimum absolute atomic E-state index is 0.0958. The first-order valence-electron chi connectivity index (χ1n) is 9.03. The number of amides is 2. The summed E-state index contributed by atoms with van der Waals surface area (Å²) in [4.78, 5) is 43.9. The predicted octanol–water partition coefficient (Wildman–Crippen LogP) is 2.93. The highest BCUT2D eigenvalue weighted by atomic mass is 32.2. The lowest BCUT2D eigenvalue weighted by Crippen LogP contribution is -2.36. The Morgan fingerprint density at radius 2 is 1.97 bits per heavy atom. The van der Waals surface area contributed by atoms with Crippen molar-refractivity contribution in [3.8, 4) is 0 Å². The number of carbonyl (C=O) groups is 2. The lowest BCUT2D eigenvalue weighted by Gasteiger charge is -2.18. The van der Waals surface area contributed by atoms with Gasteiger partial charge in [0.1, 0.15) is 0 Å². The Balaban J connectivity index is 1.93. The van der Waals surface area contributed by atoms with Crippen molar-refractivity contribution in [3.63, 3.8) is 0 Å². The van der Waals surface area contributed by atoms with Gasteiger partial charge in [-0.2, -0.15) is 13.2 Å². The van der Waals surface area contributed by atoms with Gasteiger partial charge >= 0.3 is 6.18 Å². The third-order valence-corrected chi connectivity index (χ3v) is 4.78. The second-order valence-corrected chi connectivity index (χ2v) is 7.39. The number of aryl methyl sites for hydroxylation is 1. The molecule has 0 unspecified atom stereocenters. The maximum Gasteiger partial charge on any atom is 0.418 e. The van der Waals surface area contributed by atoms with Crippen molar-refractivity contribution in [1.82, 2.24) is 14.9 Å². The zero-order chi connectivity index (χ0) is 22.3. The van der Waals surface area contributed by atoms with Crippen molar-refractivity contribution in [3.05, 3.63) is 51.9 Å². The monoisotopic (exact) mass is 442 g/mol. The van der Waals surface area contributed by atoms with Crippen molar-refractivity contribution in [1.29, 1.82) is 0 Å². The van der Waals surface area contributed by atoms with Crippen molar-refractivity contribution >= 4 is 29.3 Å². The van der Waals surface area contributed by atoms with Crippen LogP contribution in [0.2, 0.25) is 0 Å². The largest absolute Gasteiger partial charge is 0.418 e. The van der Waals surface area contributed by atoms with E-state index in [1.165, 1.54) is 25.2 Å². The van der Waals surface area contributed by atoms with Gasteiger partial charge in [-0.25, -0.2) is 4.98 Å². The number of hydrogen-bond donors (Lipinski definition) is 2. The van der Waals surface area contributed by atoms with E-state index in [0.717, 1.165) is 35.2 Å². The molecular formula is C19H21F3N4O3S. The van der Waals surface area contributed by atoms with Crippen LogP contribution >= 0.6 is 11.8 Å². The van der Waals surface area contributed by atoms with Crippen LogP contribution < -0.4 is 10.9 Å². The third-order valence-electron chi connectivity index (χ3n) is 3.92. The van der Waals surface area contributed by atoms with Crippen LogP contribution in [-0.2, 0) is 22.2 Å². The summed E-state index contributed by atoms with van der Waals surface area (Å²) in [7, 11) is 1.36. The van der Waals surface area contributed by atoms with Gasteiger partial charge < -0.3 is 15.2 Å². The van der Waals surface area contributed by atoms with Gasteiger partial charge in [-0.05, 0) is 18.6 Å². The van der Waals surface area contributed by atoms with E-state index in [1.807, 2.05) is 6.92 Å². The molecular weight excluding hydrogens is 421 g/mol. The number of anilines is 1. The van der Waals surface area contributed by atoms with Gasteiger partial charge in [-0.3, -0.25) is 14.4 Å². The van der Waals surface area contributed by atoms with E-state index in [2.05, 4.69) is 15.3 Å². The van der Waals surface area contributed by atoms with E-state index in [1.54, 1.807) is 0 Å². The first kappa shape index (κ1) is 23.5. The normalized spacial score (nSPS) is 11.2. The molecule has 0 aliphatic carbocycles. The second-order valence-electron chi connectivity index (χ2n) is 6.42. The average molecular weight is 442 g/mol. The topological polar surface area (TPSA) is 95.2 Å². The Bertz CT molecular complexity index is 963. The summed E-state index contributed by atoms with van der Waals surface area (Å²) >= 11 is 1.01. The molecule has 2 amide bonds. The van der Waals surface area contributed by atoms with E-state index < -0.39 is 30.1 Å². The summed E-state index contributed by atoms with van der Waals surface area (Å²) in [5, 5.41) is 2.47. The van der Waals surface area contributed by atoms with Gasteiger partial charge in [0.25, 0.3) is 5.56 Å². The zero-order valence-corrected chi connectivity index (χ0v) is 17.2. The van der Waals surface area contributed by atoms with Crippen LogP contribution in [-0.4, -0.2) is 46.0 Å². The standard InChI is InChI=1S/C19H21F3N4O3S/c1-3-6-12-9-15(27)25-18(23-12)30-11-17(29)26(2)10-16(28)24-14-8-5-4-7-13(14)19(20,21)22/h4-5,7-9H,3,6,10-11H2,1-2H3,(H,24,28)(H,23,25,27). The number of para-hydroxylation sites is 1. The van der Waals surface area contributed by atoms with Crippen LogP contribution in [0.5, 0.6) is 0 Å². The van der Waals surface area contributed by atoms with Crippen molar-refractivity contribution in [2.45, 2.75) is 31.1 Å². The molecule has 2 rings (SSSR count). The number of nitrogens with zero attached hydrogens (tertiary/aromatic N) is 2. The van der Waals surface area contributed by atoms with Gasteiger partial charge in [-0.1, -0.05) is 37.2 Å². The number of likely N-dealkylation sites (N-methyl/N-ethyl adjacent to an activating group) is 1. The number of benzene rings is 1. The molecule has 1 heterocycles. The molecule has 30 heavy (non-hydrogen) atoms. The number of nitrogens with one attached hydrogen (secondary N) is 2. The van der Waals surface area contributed by atoms with Crippen LogP contribution in [0.4, 0.5) is 18.9 Å². The molecule has 0 atom stereocenters. The molecule has 0 aliphatic rings. The fourth-order valence-corrected chi connectivity index (χ4v) is 3.34. The number of H-pyrrole nitrogens is 1. The quantitative estimate of drug-likeness (QED) is 0.484. The second kappa shape index (κ2) is 10.3. The Kier molecular flexibility index (Phi) is 8.04. The molecule has 162 valence electrons. The number of halogens is 3. The molecule has 2 N–H and O–H groups in total. The molecule has 0 spiro atoms. The first-order chi connectivity index (χ1) is 14.1. The van der Waals surface area contributed by atoms with E-state index in [9.17, 15) is 27.6 Å². The van der Waals surface area contributed by atoms with E-state index in [0.29, 0.717) is 12.1 Å². The molecule has 0 fully saturated rings. The Labute approximate surface area is 175 Å². The van der Waals surface area contributed by atoms with Gasteiger partial charge in [0, 0.05) is 18.8 Å². The minimum atomic E-state index is -4.61. The Morgan fingerprint density at radius 1 is 1.27 bits per heavy atom. The maximum atomic E-state index is 13.0. The molecule has 11 heteroatoms. The summed E-state index contributed by atoms with van der Waals surface area (Å²) in [6.07, 6.45) is -3.17. The minimum Gasteiger partial charge on any atom is -0.336 e. The van der Waals surface area contributed by atoms with Crippen LogP contribution in [0.1, 0.15) is 24.6 Å². The summed E-state index contributed by atoms with van der Waals surface area (Å²) < 4.78 is 39.0. The lowest BCUT2D eigenvalue weighted by atomic mass is 10.1.